The molecule has 5 heteroatoms. The fourth-order valence-corrected chi connectivity index (χ4v) is 3.56. The number of nitrogens with two attached hydrogens (primary N) is 1. The first-order chi connectivity index (χ1) is 15.1. The number of ketones is 1. The van der Waals surface area contributed by atoms with Crippen LogP contribution in [0.2, 0.25) is 0 Å². The van der Waals surface area contributed by atoms with Crippen molar-refractivity contribution in [3.05, 3.63) is 108 Å². The minimum atomic E-state index is -0.483. The summed E-state index contributed by atoms with van der Waals surface area (Å²) >= 11 is 0. The molecule has 3 aromatic carbocycles. The van der Waals surface area contributed by atoms with Gasteiger partial charge in [-0.1, -0.05) is 48.5 Å². The number of carbonyl (C=O) groups is 2. The van der Waals surface area contributed by atoms with Crippen LogP contribution in [-0.2, 0) is 11.2 Å². The van der Waals surface area contributed by atoms with Crippen molar-refractivity contribution in [1.82, 2.24) is 4.98 Å². The van der Waals surface area contributed by atoms with Crippen LogP contribution >= 0.6 is 0 Å². The summed E-state index contributed by atoms with van der Waals surface area (Å²) in [7, 11) is 0. The molecular formula is C26H22N2O3. The Morgan fingerprint density at radius 2 is 1.74 bits per heavy atom. The van der Waals surface area contributed by atoms with Crippen molar-refractivity contribution in [3.63, 3.8) is 0 Å². The van der Waals surface area contributed by atoms with Gasteiger partial charge in [-0.2, -0.15) is 0 Å². The van der Waals surface area contributed by atoms with E-state index in [1.165, 1.54) is 0 Å². The van der Waals surface area contributed by atoms with E-state index in [0.717, 1.165) is 21.9 Å². The zero-order valence-electron chi connectivity index (χ0n) is 16.9. The molecule has 0 aliphatic heterocycles. The average molecular weight is 410 g/mol. The predicted molar refractivity (Wildman–Crippen MR) is 120 cm³/mol. The Balaban J connectivity index is 1.50. The summed E-state index contributed by atoms with van der Waals surface area (Å²) in [5.41, 5.74) is 8.08. The van der Waals surface area contributed by atoms with Gasteiger partial charge in [-0.05, 0) is 46.8 Å². The van der Waals surface area contributed by atoms with Crippen molar-refractivity contribution in [2.45, 2.75) is 12.3 Å². The number of hydrogen-bond acceptors (Lipinski definition) is 5. The second kappa shape index (κ2) is 9.32. The minimum Gasteiger partial charge on any atom is -0.423 e. The first-order valence-electron chi connectivity index (χ1n) is 10.1. The van der Waals surface area contributed by atoms with Gasteiger partial charge < -0.3 is 10.5 Å². The Hall–Kier alpha value is -3.83. The highest BCUT2D eigenvalue weighted by Crippen LogP contribution is 2.24. The van der Waals surface area contributed by atoms with Gasteiger partial charge in [0.1, 0.15) is 11.5 Å². The van der Waals surface area contributed by atoms with Crippen LogP contribution in [-0.4, -0.2) is 23.3 Å². The second-order valence-corrected chi connectivity index (χ2v) is 7.32. The Kier molecular flexibility index (Phi) is 6.15. The molecule has 0 radical (unpaired) electrons. The topological polar surface area (TPSA) is 82.3 Å². The highest BCUT2D eigenvalue weighted by Gasteiger charge is 2.20. The third-order valence-electron chi connectivity index (χ3n) is 5.19. The highest BCUT2D eigenvalue weighted by atomic mass is 16.5. The van der Waals surface area contributed by atoms with Crippen LogP contribution in [0.25, 0.3) is 10.8 Å². The number of hydrogen-bond donors (Lipinski definition) is 1. The lowest BCUT2D eigenvalue weighted by Gasteiger charge is -2.15. The largest absolute Gasteiger partial charge is 0.423 e. The SMILES string of the molecule is NCC(C(=O)Cc1ccc2cnccc2c1)c1cccc(OC(=O)c2ccccc2)c1. The maximum atomic E-state index is 13.0. The zero-order valence-corrected chi connectivity index (χ0v) is 16.9. The number of nitrogens with zero attached hydrogens (tertiary/aromatic N) is 1. The van der Waals surface area contributed by atoms with Gasteiger partial charge in [0.05, 0.1) is 11.5 Å². The number of pyridine rings is 1. The Bertz CT molecular complexity index is 1220. The van der Waals surface area contributed by atoms with Crippen LogP contribution in [0, 0.1) is 0 Å². The molecule has 154 valence electrons. The van der Waals surface area contributed by atoms with Crippen LogP contribution in [0.3, 0.4) is 0 Å². The molecule has 0 fully saturated rings. The number of ether oxygens (including phenoxy) is 1. The van der Waals surface area contributed by atoms with Gasteiger partial charge in [0.25, 0.3) is 0 Å². The van der Waals surface area contributed by atoms with Crippen molar-refractivity contribution in [3.8, 4) is 5.75 Å². The molecule has 2 N–H and O–H groups in total. The third kappa shape index (κ3) is 4.85. The fourth-order valence-electron chi connectivity index (χ4n) is 3.56. The predicted octanol–water partition coefficient (Wildman–Crippen LogP) is 4.31. The van der Waals surface area contributed by atoms with Gasteiger partial charge in [0, 0.05) is 30.7 Å². The van der Waals surface area contributed by atoms with Gasteiger partial charge in [-0.15, -0.1) is 0 Å². The molecule has 4 aromatic rings. The van der Waals surface area contributed by atoms with Crippen LogP contribution in [0.15, 0.2) is 91.3 Å². The zero-order chi connectivity index (χ0) is 21.6. The number of fused-ring (bicyclic) bond motifs is 1. The molecule has 0 amide bonds. The molecule has 31 heavy (non-hydrogen) atoms. The van der Waals surface area contributed by atoms with E-state index in [0.29, 0.717) is 11.3 Å². The van der Waals surface area contributed by atoms with E-state index in [-0.39, 0.29) is 18.7 Å². The number of Topliss-reactive ketones (excluding diaryl/α,β-unsaturated/α-hetero) is 1. The molecule has 1 heterocycles. The molecule has 0 bridgehead atoms. The summed E-state index contributed by atoms with van der Waals surface area (Å²) in [4.78, 5) is 29.5. The molecule has 1 aromatic heterocycles. The summed E-state index contributed by atoms with van der Waals surface area (Å²) < 4.78 is 5.49. The monoisotopic (exact) mass is 410 g/mol. The van der Waals surface area contributed by atoms with Crippen LogP contribution in [0.5, 0.6) is 5.75 Å². The second-order valence-electron chi connectivity index (χ2n) is 7.32. The number of carbonyl (C=O) groups excluding carboxylic acids is 2. The molecule has 1 unspecified atom stereocenters. The maximum Gasteiger partial charge on any atom is 0.343 e. The third-order valence-corrected chi connectivity index (χ3v) is 5.19. The maximum absolute atomic E-state index is 13.0. The van der Waals surface area contributed by atoms with Gasteiger partial charge in [-0.3, -0.25) is 9.78 Å². The van der Waals surface area contributed by atoms with Crippen molar-refractivity contribution >= 4 is 22.5 Å². The summed E-state index contributed by atoms with van der Waals surface area (Å²) in [5.74, 6) is -0.527. The first kappa shape index (κ1) is 20.4. The quantitative estimate of drug-likeness (QED) is 0.363. The molecule has 1 atom stereocenters. The Labute approximate surface area is 180 Å². The van der Waals surface area contributed by atoms with E-state index in [4.69, 9.17) is 10.5 Å². The van der Waals surface area contributed by atoms with Gasteiger partial charge in [-0.25, -0.2) is 4.79 Å². The van der Waals surface area contributed by atoms with Crippen molar-refractivity contribution in [2.24, 2.45) is 5.73 Å². The van der Waals surface area contributed by atoms with Crippen LogP contribution in [0.4, 0.5) is 0 Å². The van der Waals surface area contributed by atoms with E-state index in [1.807, 2.05) is 36.4 Å². The molecule has 0 aliphatic rings. The lowest BCUT2D eigenvalue weighted by atomic mass is 9.90. The van der Waals surface area contributed by atoms with E-state index in [2.05, 4.69) is 4.98 Å². The molecular weight excluding hydrogens is 388 g/mol. The highest BCUT2D eigenvalue weighted by molar-refractivity contribution is 5.91. The first-order valence-corrected chi connectivity index (χ1v) is 10.1. The molecule has 0 aliphatic carbocycles. The molecule has 0 spiro atoms. The van der Waals surface area contributed by atoms with Crippen molar-refractivity contribution < 1.29 is 14.3 Å². The van der Waals surface area contributed by atoms with E-state index < -0.39 is 11.9 Å². The number of rotatable bonds is 7. The Morgan fingerprint density at radius 3 is 2.55 bits per heavy atom. The summed E-state index contributed by atoms with van der Waals surface area (Å²) in [5, 5.41) is 2.07. The summed E-state index contributed by atoms with van der Waals surface area (Å²) in [6, 6.07) is 23.6. The molecule has 4 rings (SSSR count). The fraction of sp³-hybridized carbons (Fsp3) is 0.115. The lowest BCUT2D eigenvalue weighted by Crippen LogP contribution is -2.23. The van der Waals surface area contributed by atoms with E-state index in [9.17, 15) is 9.59 Å². The normalized spacial score (nSPS) is 11.8. The van der Waals surface area contributed by atoms with Gasteiger partial charge in [0.2, 0.25) is 0 Å². The molecule has 5 nitrogen and oxygen atoms in total. The summed E-state index contributed by atoms with van der Waals surface area (Å²) in [6.45, 7) is 0.173. The van der Waals surface area contributed by atoms with Crippen molar-refractivity contribution in [2.75, 3.05) is 6.54 Å². The summed E-state index contributed by atoms with van der Waals surface area (Å²) in [6.07, 6.45) is 3.80. The van der Waals surface area contributed by atoms with E-state index >= 15 is 0 Å². The molecule has 0 saturated heterocycles. The van der Waals surface area contributed by atoms with E-state index in [1.54, 1.807) is 54.9 Å². The van der Waals surface area contributed by atoms with Gasteiger partial charge in [0.15, 0.2) is 0 Å². The standard InChI is InChI=1S/C26H22N2O3/c27-16-24(25(29)14-18-9-10-22-17-28-12-11-20(22)13-18)21-7-4-8-23(15-21)31-26(30)19-5-2-1-3-6-19/h1-13,15,17,24H,14,16,27H2. The number of esters is 1. The van der Waals surface area contributed by atoms with Gasteiger partial charge >= 0.3 is 5.97 Å². The number of aromatic nitrogens is 1. The molecule has 0 saturated carbocycles. The van der Waals surface area contributed by atoms with Crippen LogP contribution in [0.1, 0.15) is 27.4 Å². The smallest absolute Gasteiger partial charge is 0.343 e. The lowest BCUT2D eigenvalue weighted by molar-refractivity contribution is -0.119. The minimum absolute atomic E-state index is 0.0162. The Morgan fingerprint density at radius 1 is 0.903 bits per heavy atom. The average Bonchev–Trinajstić information content (AvgIpc) is 2.80. The van der Waals surface area contributed by atoms with Crippen LogP contribution < -0.4 is 10.5 Å². The van der Waals surface area contributed by atoms with Crippen molar-refractivity contribution in [1.29, 1.82) is 0 Å². The number of benzene rings is 3.